The van der Waals surface area contributed by atoms with Crippen LogP contribution in [0, 0.1) is 0 Å². The summed E-state index contributed by atoms with van der Waals surface area (Å²) < 4.78 is 5.17. The van der Waals surface area contributed by atoms with Crippen molar-refractivity contribution in [1.82, 2.24) is 5.32 Å². The van der Waals surface area contributed by atoms with Crippen LogP contribution in [0.15, 0.2) is 83.8 Å². The lowest BCUT2D eigenvalue weighted by Crippen LogP contribution is -2.26. The molecule has 0 aliphatic carbocycles. The molecule has 4 heteroatoms. The average molecular weight is 378 g/mol. The van der Waals surface area contributed by atoms with E-state index in [1.165, 1.54) is 10.5 Å². The smallest absolute Gasteiger partial charge is 0.251 e. The predicted molar refractivity (Wildman–Crippen MR) is 111 cm³/mol. The van der Waals surface area contributed by atoms with Gasteiger partial charge in [-0.25, -0.2) is 0 Å². The summed E-state index contributed by atoms with van der Waals surface area (Å²) in [6, 6.07) is 25.8. The third kappa shape index (κ3) is 5.38. The molecule has 0 aliphatic heterocycles. The van der Waals surface area contributed by atoms with Crippen molar-refractivity contribution >= 4 is 17.7 Å². The van der Waals surface area contributed by atoms with Crippen molar-refractivity contribution in [2.75, 3.05) is 7.11 Å². The van der Waals surface area contributed by atoms with Gasteiger partial charge in [0.15, 0.2) is 0 Å². The SMILES string of the molecule is COc1ccc(C(C)NC(=O)c2ccc(CSc3ccccc3)cc2)cc1. The largest absolute Gasteiger partial charge is 0.497 e. The van der Waals surface area contributed by atoms with Crippen molar-refractivity contribution in [1.29, 1.82) is 0 Å². The van der Waals surface area contributed by atoms with Gasteiger partial charge in [-0.15, -0.1) is 11.8 Å². The molecule has 3 rings (SSSR count). The first-order chi connectivity index (χ1) is 13.2. The lowest BCUT2D eigenvalue weighted by Gasteiger charge is -2.15. The second kappa shape index (κ2) is 9.28. The van der Waals surface area contributed by atoms with E-state index in [0.29, 0.717) is 5.56 Å². The van der Waals surface area contributed by atoms with Crippen LogP contribution in [-0.2, 0) is 5.75 Å². The highest BCUT2D eigenvalue weighted by Crippen LogP contribution is 2.22. The summed E-state index contributed by atoms with van der Waals surface area (Å²) in [6.07, 6.45) is 0. The predicted octanol–water partition coefficient (Wildman–Crippen LogP) is 5.48. The minimum Gasteiger partial charge on any atom is -0.497 e. The number of thioether (sulfide) groups is 1. The van der Waals surface area contributed by atoms with Gasteiger partial charge in [-0.3, -0.25) is 4.79 Å². The molecular weight excluding hydrogens is 354 g/mol. The van der Waals surface area contributed by atoms with Crippen LogP contribution < -0.4 is 10.1 Å². The summed E-state index contributed by atoms with van der Waals surface area (Å²) in [7, 11) is 1.64. The van der Waals surface area contributed by atoms with Crippen molar-refractivity contribution in [2.45, 2.75) is 23.6 Å². The second-order valence-corrected chi connectivity index (χ2v) is 7.32. The lowest BCUT2D eigenvalue weighted by atomic mass is 10.1. The normalized spacial score (nSPS) is 11.6. The van der Waals surface area contributed by atoms with E-state index in [9.17, 15) is 4.79 Å². The van der Waals surface area contributed by atoms with Crippen LogP contribution in [0.5, 0.6) is 5.75 Å². The van der Waals surface area contributed by atoms with Gasteiger partial charge in [0.05, 0.1) is 13.2 Å². The van der Waals surface area contributed by atoms with Gasteiger partial charge in [-0.1, -0.05) is 42.5 Å². The molecule has 27 heavy (non-hydrogen) atoms. The highest BCUT2D eigenvalue weighted by molar-refractivity contribution is 7.98. The van der Waals surface area contributed by atoms with Crippen molar-refractivity contribution < 1.29 is 9.53 Å². The summed E-state index contributed by atoms with van der Waals surface area (Å²) in [5, 5.41) is 3.04. The number of carbonyl (C=O) groups excluding carboxylic acids is 1. The van der Waals surface area contributed by atoms with Gasteiger partial charge in [0.1, 0.15) is 5.75 Å². The van der Waals surface area contributed by atoms with Crippen LogP contribution in [0.25, 0.3) is 0 Å². The number of amides is 1. The molecule has 1 unspecified atom stereocenters. The monoisotopic (exact) mass is 377 g/mol. The second-order valence-electron chi connectivity index (χ2n) is 6.27. The fourth-order valence-corrected chi connectivity index (χ4v) is 3.57. The number of rotatable bonds is 7. The molecule has 0 saturated carbocycles. The summed E-state index contributed by atoms with van der Waals surface area (Å²) in [5.41, 5.74) is 2.91. The van der Waals surface area contributed by atoms with E-state index in [-0.39, 0.29) is 11.9 Å². The summed E-state index contributed by atoms with van der Waals surface area (Å²) >= 11 is 1.79. The maximum Gasteiger partial charge on any atom is 0.251 e. The number of methoxy groups -OCH3 is 1. The van der Waals surface area contributed by atoms with E-state index in [2.05, 4.69) is 17.4 Å². The van der Waals surface area contributed by atoms with Crippen LogP contribution in [0.2, 0.25) is 0 Å². The topological polar surface area (TPSA) is 38.3 Å². The number of ether oxygens (including phenoxy) is 1. The van der Waals surface area contributed by atoms with E-state index in [1.54, 1.807) is 18.9 Å². The number of nitrogens with one attached hydrogen (secondary N) is 1. The van der Waals surface area contributed by atoms with Gasteiger partial charge < -0.3 is 10.1 Å². The molecule has 0 aliphatic rings. The van der Waals surface area contributed by atoms with Crippen LogP contribution in [-0.4, -0.2) is 13.0 Å². The molecule has 1 atom stereocenters. The molecule has 138 valence electrons. The van der Waals surface area contributed by atoms with Gasteiger partial charge in [0.2, 0.25) is 0 Å². The Bertz CT molecular complexity index is 861. The molecule has 1 N–H and O–H groups in total. The zero-order chi connectivity index (χ0) is 19.1. The molecule has 0 spiro atoms. The van der Waals surface area contributed by atoms with Crippen LogP contribution in [0.1, 0.15) is 34.5 Å². The van der Waals surface area contributed by atoms with E-state index in [1.807, 2.05) is 73.7 Å². The third-order valence-corrected chi connectivity index (χ3v) is 5.41. The van der Waals surface area contributed by atoms with Crippen molar-refractivity contribution in [3.05, 3.63) is 95.6 Å². The maximum absolute atomic E-state index is 12.5. The number of hydrogen-bond donors (Lipinski definition) is 1. The van der Waals surface area contributed by atoms with Crippen molar-refractivity contribution in [3.8, 4) is 5.75 Å². The first-order valence-corrected chi connectivity index (χ1v) is 9.86. The Morgan fingerprint density at radius 2 is 1.63 bits per heavy atom. The van der Waals surface area contributed by atoms with Crippen LogP contribution in [0.3, 0.4) is 0 Å². The summed E-state index contributed by atoms with van der Waals surface area (Å²) in [6.45, 7) is 1.98. The van der Waals surface area contributed by atoms with Crippen LogP contribution >= 0.6 is 11.8 Å². The molecule has 0 radical (unpaired) electrons. The number of benzene rings is 3. The van der Waals surface area contributed by atoms with Gasteiger partial charge >= 0.3 is 0 Å². The quantitative estimate of drug-likeness (QED) is 0.554. The van der Waals surface area contributed by atoms with Gasteiger partial charge in [-0.2, -0.15) is 0 Å². The van der Waals surface area contributed by atoms with E-state index in [0.717, 1.165) is 17.1 Å². The molecule has 0 saturated heterocycles. The zero-order valence-electron chi connectivity index (χ0n) is 15.5. The van der Waals surface area contributed by atoms with Gasteiger partial charge in [0.25, 0.3) is 5.91 Å². The van der Waals surface area contributed by atoms with E-state index in [4.69, 9.17) is 4.74 Å². The molecule has 0 fully saturated rings. The van der Waals surface area contributed by atoms with Crippen molar-refractivity contribution in [3.63, 3.8) is 0 Å². The Hall–Kier alpha value is -2.72. The highest BCUT2D eigenvalue weighted by atomic mass is 32.2. The molecule has 1 amide bonds. The van der Waals surface area contributed by atoms with Gasteiger partial charge in [-0.05, 0) is 54.4 Å². The molecular formula is C23H23NO2S. The zero-order valence-corrected chi connectivity index (χ0v) is 16.3. The Labute approximate surface area is 164 Å². The molecule has 0 bridgehead atoms. The Morgan fingerprint density at radius 3 is 2.26 bits per heavy atom. The minimum absolute atomic E-state index is 0.0689. The molecule has 0 heterocycles. The van der Waals surface area contributed by atoms with E-state index < -0.39 is 0 Å². The molecule has 3 aromatic rings. The lowest BCUT2D eigenvalue weighted by molar-refractivity contribution is 0.0940. The Balaban J connectivity index is 1.56. The Kier molecular flexibility index (Phi) is 6.55. The fraction of sp³-hybridized carbons (Fsp3) is 0.174. The van der Waals surface area contributed by atoms with E-state index >= 15 is 0 Å². The summed E-state index contributed by atoms with van der Waals surface area (Å²) in [4.78, 5) is 13.7. The highest BCUT2D eigenvalue weighted by Gasteiger charge is 2.11. The molecule has 3 aromatic carbocycles. The van der Waals surface area contributed by atoms with Crippen molar-refractivity contribution in [2.24, 2.45) is 0 Å². The first-order valence-electron chi connectivity index (χ1n) is 8.87. The van der Waals surface area contributed by atoms with Crippen LogP contribution in [0.4, 0.5) is 0 Å². The fourth-order valence-electron chi connectivity index (χ4n) is 2.69. The van der Waals surface area contributed by atoms with Gasteiger partial charge in [0, 0.05) is 16.2 Å². The minimum atomic E-state index is -0.0725. The molecule has 3 nitrogen and oxygen atoms in total. The average Bonchev–Trinajstić information content (AvgIpc) is 2.73. The number of hydrogen-bond acceptors (Lipinski definition) is 3. The summed E-state index contributed by atoms with van der Waals surface area (Å²) in [5.74, 6) is 1.62. The standard InChI is InChI=1S/C23H23NO2S/c1-17(19-12-14-21(26-2)15-13-19)24-23(25)20-10-8-18(9-11-20)16-27-22-6-4-3-5-7-22/h3-15,17H,16H2,1-2H3,(H,24,25). The Morgan fingerprint density at radius 1 is 0.963 bits per heavy atom. The molecule has 0 aromatic heterocycles. The third-order valence-electron chi connectivity index (χ3n) is 4.33. The first kappa shape index (κ1) is 19.1. The number of carbonyl (C=O) groups is 1. The maximum atomic E-state index is 12.5.